The molecule has 2 nitrogen and oxygen atoms in total. The molecule has 1 heterocycles. The smallest absolute Gasteiger partial charge is 0.110 e. The van der Waals surface area contributed by atoms with Gasteiger partial charge in [0.15, 0.2) is 0 Å². The molecule has 0 saturated heterocycles. The van der Waals surface area contributed by atoms with Crippen molar-refractivity contribution in [2.75, 3.05) is 6.54 Å². The summed E-state index contributed by atoms with van der Waals surface area (Å²) in [6.45, 7) is 9.03. The lowest BCUT2D eigenvalue weighted by atomic mass is 10.2. The van der Waals surface area contributed by atoms with Crippen molar-refractivity contribution in [2.24, 2.45) is 0 Å². The summed E-state index contributed by atoms with van der Waals surface area (Å²) in [5.74, 6) is 0. The zero-order valence-corrected chi connectivity index (χ0v) is 11.1. The Hall–Kier alpha value is -0.670. The molecule has 0 aliphatic heterocycles. The van der Waals surface area contributed by atoms with E-state index in [2.05, 4.69) is 29.2 Å². The van der Waals surface area contributed by atoms with Gasteiger partial charge in [-0.25, -0.2) is 4.98 Å². The van der Waals surface area contributed by atoms with E-state index in [1.807, 2.05) is 13.0 Å². The van der Waals surface area contributed by atoms with Gasteiger partial charge in [0.2, 0.25) is 0 Å². The first-order valence-electron chi connectivity index (χ1n) is 6.00. The van der Waals surface area contributed by atoms with E-state index in [0.717, 1.165) is 18.7 Å². The molecular weight excluding hydrogens is 216 g/mol. The SMILES string of the molecule is C=CCCCCCNC(C)c1nc(C)cs1. The highest BCUT2D eigenvalue weighted by Gasteiger charge is 2.07. The lowest BCUT2D eigenvalue weighted by Gasteiger charge is -2.10. The van der Waals surface area contributed by atoms with Crippen LogP contribution in [0.3, 0.4) is 0 Å². The van der Waals surface area contributed by atoms with E-state index in [1.165, 1.54) is 24.3 Å². The Labute approximate surface area is 103 Å². The first kappa shape index (κ1) is 13.4. The Morgan fingerprint density at radius 1 is 1.50 bits per heavy atom. The second-order valence-electron chi connectivity index (χ2n) is 4.14. The van der Waals surface area contributed by atoms with Gasteiger partial charge >= 0.3 is 0 Å². The third kappa shape index (κ3) is 4.90. The van der Waals surface area contributed by atoms with Crippen LogP contribution in [-0.2, 0) is 0 Å². The zero-order valence-electron chi connectivity index (χ0n) is 10.3. The van der Waals surface area contributed by atoms with E-state index >= 15 is 0 Å². The van der Waals surface area contributed by atoms with Crippen molar-refractivity contribution in [3.05, 3.63) is 28.7 Å². The Morgan fingerprint density at radius 3 is 2.94 bits per heavy atom. The number of hydrogen-bond acceptors (Lipinski definition) is 3. The van der Waals surface area contributed by atoms with E-state index in [4.69, 9.17) is 0 Å². The molecule has 1 N–H and O–H groups in total. The summed E-state index contributed by atoms with van der Waals surface area (Å²) in [4.78, 5) is 4.48. The summed E-state index contributed by atoms with van der Waals surface area (Å²) in [6.07, 6.45) is 6.91. The fourth-order valence-corrected chi connectivity index (χ4v) is 2.40. The zero-order chi connectivity index (χ0) is 11.8. The Kier molecular flexibility index (Phi) is 6.34. The topological polar surface area (TPSA) is 24.9 Å². The molecule has 0 spiro atoms. The summed E-state index contributed by atoms with van der Waals surface area (Å²) in [6, 6.07) is 0.387. The van der Waals surface area contributed by atoms with Gasteiger partial charge in [-0.15, -0.1) is 17.9 Å². The number of aromatic nitrogens is 1. The third-order valence-electron chi connectivity index (χ3n) is 2.54. The molecule has 0 amide bonds. The van der Waals surface area contributed by atoms with E-state index in [1.54, 1.807) is 11.3 Å². The summed E-state index contributed by atoms with van der Waals surface area (Å²) >= 11 is 1.74. The molecular formula is C13H22N2S. The minimum absolute atomic E-state index is 0.387. The van der Waals surface area contributed by atoms with Crippen LogP contribution in [-0.4, -0.2) is 11.5 Å². The van der Waals surface area contributed by atoms with Crippen LogP contribution in [0.5, 0.6) is 0 Å². The normalized spacial score (nSPS) is 12.6. The monoisotopic (exact) mass is 238 g/mol. The van der Waals surface area contributed by atoms with Crippen LogP contribution in [0, 0.1) is 6.92 Å². The Morgan fingerprint density at radius 2 is 2.31 bits per heavy atom. The molecule has 1 aromatic heterocycles. The Balaban J connectivity index is 2.11. The lowest BCUT2D eigenvalue weighted by molar-refractivity contribution is 0.537. The van der Waals surface area contributed by atoms with Crippen molar-refractivity contribution in [2.45, 2.75) is 45.6 Å². The van der Waals surface area contributed by atoms with Crippen molar-refractivity contribution >= 4 is 11.3 Å². The minimum atomic E-state index is 0.387. The predicted molar refractivity (Wildman–Crippen MR) is 71.9 cm³/mol. The number of aryl methyl sites for hydroxylation is 1. The average molecular weight is 238 g/mol. The number of unbranched alkanes of at least 4 members (excludes halogenated alkanes) is 3. The molecule has 0 saturated carbocycles. The number of nitrogens with one attached hydrogen (secondary N) is 1. The second-order valence-corrected chi connectivity index (χ2v) is 5.03. The molecule has 1 atom stereocenters. The van der Waals surface area contributed by atoms with Crippen LogP contribution in [0.4, 0.5) is 0 Å². The number of thiazole rings is 1. The van der Waals surface area contributed by atoms with E-state index in [9.17, 15) is 0 Å². The molecule has 1 rings (SSSR count). The van der Waals surface area contributed by atoms with Gasteiger partial charge in [0.25, 0.3) is 0 Å². The molecule has 0 aromatic carbocycles. The highest BCUT2D eigenvalue weighted by Crippen LogP contribution is 2.17. The van der Waals surface area contributed by atoms with E-state index in [0.29, 0.717) is 6.04 Å². The van der Waals surface area contributed by atoms with E-state index in [-0.39, 0.29) is 0 Å². The second kappa shape index (κ2) is 7.58. The minimum Gasteiger partial charge on any atom is -0.308 e. The van der Waals surface area contributed by atoms with Gasteiger partial charge in [-0.05, 0) is 39.7 Å². The quantitative estimate of drug-likeness (QED) is 0.549. The summed E-state index contributed by atoms with van der Waals surface area (Å²) in [5, 5.41) is 6.82. The molecule has 0 bridgehead atoms. The number of rotatable bonds is 8. The molecule has 0 radical (unpaired) electrons. The fourth-order valence-electron chi connectivity index (χ4n) is 1.57. The van der Waals surface area contributed by atoms with Gasteiger partial charge in [0.1, 0.15) is 5.01 Å². The van der Waals surface area contributed by atoms with E-state index < -0.39 is 0 Å². The lowest BCUT2D eigenvalue weighted by Crippen LogP contribution is -2.19. The molecule has 1 aromatic rings. The van der Waals surface area contributed by atoms with Crippen molar-refractivity contribution in [1.82, 2.24) is 10.3 Å². The molecule has 16 heavy (non-hydrogen) atoms. The van der Waals surface area contributed by atoms with Gasteiger partial charge in [0.05, 0.1) is 6.04 Å². The predicted octanol–water partition coefficient (Wildman–Crippen LogP) is 3.85. The fraction of sp³-hybridized carbons (Fsp3) is 0.615. The molecule has 3 heteroatoms. The van der Waals surface area contributed by atoms with Gasteiger partial charge in [-0.1, -0.05) is 12.5 Å². The number of hydrogen-bond donors (Lipinski definition) is 1. The molecule has 90 valence electrons. The Bertz CT molecular complexity index is 307. The maximum absolute atomic E-state index is 4.48. The van der Waals surface area contributed by atoms with Gasteiger partial charge < -0.3 is 5.32 Å². The van der Waals surface area contributed by atoms with Crippen LogP contribution >= 0.6 is 11.3 Å². The highest BCUT2D eigenvalue weighted by molar-refractivity contribution is 7.09. The largest absolute Gasteiger partial charge is 0.308 e. The average Bonchev–Trinajstić information content (AvgIpc) is 2.70. The first-order chi connectivity index (χ1) is 7.74. The van der Waals surface area contributed by atoms with Crippen LogP contribution < -0.4 is 5.32 Å². The van der Waals surface area contributed by atoms with Gasteiger partial charge in [-0.3, -0.25) is 0 Å². The maximum atomic E-state index is 4.48. The summed E-state index contributed by atoms with van der Waals surface area (Å²) in [5.41, 5.74) is 1.12. The van der Waals surface area contributed by atoms with Crippen molar-refractivity contribution in [3.8, 4) is 0 Å². The van der Waals surface area contributed by atoms with Gasteiger partial charge in [-0.2, -0.15) is 0 Å². The highest BCUT2D eigenvalue weighted by atomic mass is 32.1. The molecule has 0 aliphatic carbocycles. The maximum Gasteiger partial charge on any atom is 0.110 e. The van der Waals surface area contributed by atoms with Crippen molar-refractivity contribution < 1.29 is 0 Å². The molecule has 1 unspecified atom stereocenters. The summed E-state index contributed by atoms with van der Waals surface area (Å²) in [7, 11) is 0. The van der Waals surface area contributed by atoms with Gasteiger partial charge in [0, 0.05) is 11.1 Å². The van der Waals surface area contributed by atoms with Crippen LogP contribution in [0.1, 0.15) is 49.4 Å². The van der Waals surface area contributed by atoms with Crippen LogP contribution in [0.25, 0.3) is 0 Å². The number of allylic oxidation sites excluding steroid dienone is 1. The van der Waals surface area contributed by atoms with Crippen LogP contribution in [0.2, 0.25) is 0 Å². The van der Waals surface area contributed by atoms with Crippen LogP contribution in [0.15, 0.2) is 18.0 Å². The molecule has 0 aliphatic rings. The summed E-state index contributed by atoms with van der Waals surface area (Å²) < 4.78 is 0. The third-order valence-corrected chi connectivity index (χ3v) is 3.69. The standard InChI is InChI=1S/C13H22N2S/c1-4-5-6-7-8-9-14-12(3)13-15-11(2)10-16-13/h4,10,12,14H,1,5-9H2,2-3H3. The van der Waals surface area contributed by atoms with Crippen molar-refractivity contribution in [3.63, 3.8) is 0 Å². The number of nitrogens with zero attached hydrogens (tertiary/aromatic N) is 1. The molecule has 0 fully saturated rings. The van der Waals surface area contributed by atoms with Crippen molar-refractivity contribution in [1.29, 1.82) is 0 Å². The first-order valence-corrected chi connectivity index (χ1v) is 6.88.